The minimum atomic E-state index is -1.69. The quantitative estimate of drug-likeness (QED) is 0.0193. The molecule has 0 aromatic rings. The number of aliphatic hydroxyl groups is 2. The molecule has 0 aromatic heterocycles. The van der Waals surface area contributed by atoms with E-state index >= 15 is 0 Å². The molecule has 540 valence electrons. The molecule has 31 heteroatoms. The molecule has 0 aliphatic carbocycles. The summed E-state index contributed by atoms with van der Waals surface area (Å²) in [5.74, 6) is -10.2. The molecule has 0 saturated carbocycles. The second-order valence-corrected chi connectivity index (χ2v) is 25.4. The standard InChI is InChI=1S/C63H120N18O13/c1-10-11-12-13-14-15-16-17-18-19-20-21-22-30-49(84)75-48(37-82)55(88)72-36-50(85)74-44(29-26-33-71-63(68)69)57(90)80-51(40(6)7)60(93)79-46(34-38(2)3)58(91)73-41(8)54(87)81-52(42(9)83)61(94)77-45(27-23-24-31-64)56(89)78-47(35-39(4)5)59(92)76-43(53(65)86)28-25-32-70-62(66)67/h38-48,51-52,82-83H,10-37,64H2,1-9H3,(H2,65,86)(H,72,88)(H,73,91)(H,74,85)(H,75,84)(H,76,92)(H,77,94)(H,78,89)(H,79,93)(H,80,90)(H,81,87)(H4,66,67,70)(H4,68,69,71). The van der Waals surface area contributed by atoms with Crippen LogP contribution in [0.5, 0.6) is 0 Å². The average molecular weight is 1340 g/mol. The molecule has 94 heavy (non-hydrogen) atoms. The van der Waals surface area contributed by atoms with Gasteiger partial charge in [0.25, 0.3) is 0 Å². The lowest BCUT2D eigenvalue weighted by Crippen LogP contribution is -2.62. The van der Waals surface area contributed by atoms with E-state index in [2.05, 4.69) is 70.1 Å². The lowest BCUT2D eigenvalue weighted by Gasteiger charge is -2.29. The van der Waals surface area contributed by atoms with E-state index in [4.69, 9.17) is 34.4 Å². The number of amides is 11. The summed E-state index contributed by atoms with van der Waals surface area (Å²) in [6.07, 6.45) is 14.8. The highest BCUT2D eigenvalue weighted by Gasteiger charge is 2.36. The summed E-state index contributed by atoms with van der Waals surface area (Å²) < 4.78 is 0. The molecule has 10 unspecified atom stereocenters. The van der Waals surface area contributed by atoms with Gasteiger partial charge in [0.1, 0.15) is 54.4 Å². The van der Waals surface area contributed by atoms with Crippen molar-refractivity contribution in [2.45, 2.75) is 270 Å². The van der Waals surface area contributed by atoms with Crippen LogP contribution in [0.25, 0.3) is 0 Å². The SMILES string of the molecule is CCCCCCCCCCCCCCCC(=O)NC(CO)C(=O)NCC(=O)NC(CCCN=C(N)N)C(=O)NC(C(=O)NC(CC(C)C)C(=O)NC(C)C(=O)NC(C(=O)NC(CCCCN)C(=O)NC(CC(C)C)C(=O)NC(CCCN=C(N)N)C(N)=O)C(C)O)C(C)C. The van der Waals surface area contributed by atoms with E-state index in [1.807, 2.05) is 0 Å². The zero-order chi connectivity index (χ0) is 71.3. The molecule has 0 aromatic carbocycles. The van der Waals surface area contributed by atoms with E-state index in [0.29, 0.717) is 25.7 Å². The summed E-state index contributed by atoms with van der Waals surface area (Å²) in [5, 5.41) is 46.3. The van der Waals surface area contributed by atoms with Crippen LogP contribution >= 0.6 is 0 Å². The molecule has 0 radical (unpaired) electrons. The number of aliphatic imine (C=N–C) groups is 2. The maximum Gasteiger partial charge on any atom is 0.245 e. The molecular weight excluding hydrogens is 1220 g/mol. The number of carbonyl (C=O) groups is 11. The number of nitrogens with one attached hydrogen (secondary N) is 10. The number of unbranched alkanes of at least 4 members (excludes halogenated alkanes) is 13. The Morgan fingerprint density at radius 3 is 1.28 bits per heavy atom. The first-order chi connectivity index (χ1) is 44.4. The van der Waals surface area contributed by atoms with Gasteiger partial charge in [-0.15, -0.1) is 0 Å². The van der Waals surface area contributed by atoms with Gasteiger partial charge in [-0.05, 0) is 102 Å². The lowest BCUT2D eigenvalue weighted by atomic mass is 9.99. The fourth-order valence-corrected chi connectivity index (χ4v) is 9.95. The van der Waals surface area contributed by atoms with E-state index in [1.54, 1.807) is 41.5 Å². The first-order valence-electron chi connectivity index (χ1n) is 33.8. The van der Waals surface area contributed by atoms with Gasteiger partial charge in [0.05, 0.1) is 19.3 Å². The lowest BCUT2D eigenvalue weighted by molar-refractivity contribution is -0.137. The Hall–Kier alpha value is -7.41. The number of carbonyl (C=O) groups excluding carboxylic acids is 11. The highest BCUT2D eigenvalue weighted by atomic mass is 16.3. The van der Waals surface area contributed by atoms with Gasteiger partial charge < -0.3 is 97.8 Å². The molecule has 10 atom stereocenters. The Morgan fingerprint density at radius 2 is 0.809 bits per heavy atom. The van der Waals surface area contributed by atoms with Crippen molar-refractivity contribution >= 4 is 76.9 Å². The number of primary amides is 1. The summed E-state index contributed by atoms with van der Waals surface area (Å²) in [4.78, 5) is 157. The number of nitrogens with two attached hydrogens (primary N) is 6. The van der Waals surface area contributed by atoms with Crippen molar-refractivity contribution in [3.63, 3.8) is 0 Å². The topological polar surface area (TPSA) is 529 Å². The Bertz CT molecular complexity index is 2370. The van der Waals surface area contributed by atoms with Gasteiger partial charge in [0.15, 0.2) is 11.9 Å². The van der Waals surface area contributed by atoms with Crippen LogP contribution in [0.15, 0.2) is 9.98 Å². The van der Waals surface area contributed by atoms with Crippen molar-refractivity contribution in [1.29, 1.82) is 0 Å². The van der Waals surface area contributed by atoms with Crippen LogP contribution in [0, 0.1) is 17.8 Å². The van der Waals surface area contributed by atoms with E-state index in [0.717, 1.165) is 25.7 Å². The van der Waals surface area contributed by atoms with Gasteiger partial charge in [0, 0.05) is 19.5 Å². The van der Waals surface area contributed by atoms with E-state index in [9.17, 15) is 63.0 Å². The number of hydrogen-bond acceptors (Lipinski definition) is 16. The number of guanidine groups is 2. The molecule has 0 rings (SSSR count). The summed E-state index contributed by atoms with van der Waals surface area (Å²) in [7, 11) is 0. The van der Waals surface area contributed by atoms with Crippen LogP contribution in [0.4, 0.5) is 0 Å². The number of aliphatic hydroxyl groups excluding tert-OH is 2. The molecule has 0 aliphatic rings. The van der Waals surface area contributed by atoms with Crippen LogP contribution in [0.3, 0.4) is 0 Å². The Morgan fingerprint density at radius 1 is 0.404 bits per heavy atom. The summed E-state index contributed by atoms with van der Waals surface area (Å²) >= 11 is 0. The second kappa shape index (κ2) is 50.1. The molecule has 0 spiro atoms. The van der Waals surface area contributed by atoms with Gasteiger partial charge in [-0.3, -0.25) is 62.7 Å². The molecule has 11 amide bonds. The fourth-order valence-electron chi connectivity index (χ4n) is 9.95. The van der Waals surface area contributed by atoms with Crippen LogP contribution in [-0.2, 0) is 52.7 Å². The Kier molecular flexibility index (Phi) is 46.1. The summed E-state index contributed by atoms with van der Waals surface area (Å²) in [6.45, 7) is 14.2. The predicted molar refractivity (Wildman–Crippen MR) is 361 cm³/mol. The minimum absolute atomic E-state index is 0.0198. The highest BCUT2D eigenvalue weighted by molar-refractivity contribution is 5.98. The third kappa shape index (κ3) is 40.0. The van der Waals surface area contributed by atoms with E-state index < -0.39 is 145 Å². The summed E-state index contributed by atoms with van der Waals surface area (Å²) in [6, 6.07) is -12.0. The van der Waals surface area contributed by atoms with Crippen molar-refractivity contribution < 1.29 is 63.0 Å². The van der Waals surface area contributed by atoms with Gasteiger partial charge in [-0.1, -0.05) is 126 Å². The molecule has 0 aliphatic heterocycles. The van der Waals surface area contributed by atoms with Crippen LogP contribution in [0.1, 0.15) is 210 Å². The third-order valence-electron chi connectivity index (χ3n) is 15.3. The number of hydrogen-bond donors (Lipinski definition) is 18. The van der Waals surface area contributed by atoms with Gasteiger partial charge in [-0.2, -0.15) is 0 Å². The van der Waals surface area contributed by atoms with Crippen molar-refractivity contribution in [3.8, 4) is 0 Å². The average Bonchev–Trinajstić information content (AvgIpc) is 0.888. The smallest absolute Gasteiger partial charge is 0.245 e. The maximum atomic E-state index is 14.1. The first kappa shape index (κ1) is 86.6. The third-order valence-corrected chi connectivity index (χ3v) is 15.3. The van der Waals surface area contributed by atoms with Gasteiger partial charge in [-0.25, -0.2) is 0 Å². The molecule has 0 saturated heterocycles. The maximum absolute atomic E-state index is 14.1. The van der Waals surface area contributed by atoms with Crippen molar-refractivity contribution in [2.24, 2.45) is 62.1 Å². The van der Waals surface area contributed by atoms with Crippen molar-refractivity contribution in [2.75, 3.05) is 32.8 Å². The Labute approximate surface area is 556 Å². The predicted octanol–water partition coefficient (Wildman–Crippen LogP) is -1.19. The molecule has 0 bridgehead atoms. The monoisotopic (exact) mass is 1340 g/mol. The van der Waals surface area contributed by atoms with Crippen molar-refractivity contribution in [1.82, 2.24) is 53.2 Å². The zero-order valence-corrected chi connectivity index (χ0v) is 57.5. The summed E-state index contributed by atoms with van der Waals surface area (Å²) in [5.41, 5.74) is 33.1. The van der Waals surface area contributed by atoms with Crippen LogP contribution in [-0.4, -0.2) is 180 Å². The molecular formula is C63H120N18O13. The minimum Gasteiger partial charge on any atom is -0.394 e. The first-order valence-corrected chi connectivity index (χ1v) is 33.8. The van der Waals surface area contributed by atoms with Gasteiger partial charge in [0.2, 0.25) is 65.0 Å². The normalized spacial score (nSPS) is 14.4. The molecule has 31 nitrogen and oxygen atoms in total. The van der Waals surface area contributed by atoms with Crippen LogP contribution in [0.2, 0.25) is 0 Å². The van der Waals surface area contributed by atoms with E-state index in [1.165, 1.54) is 65.2 Å². The zero-order valence-electron chi connectivity index (χ0n) is 57.5. The number of rotatable bonds is 53. The second-order valence-electron chi connectivity index (χ2n) is 25.4. The van der Waals surface area contributed by atoms with Gasteiger partial charge >= 0.3 is 0 Å². The van der Waals surface area contributed by atoms with Crippen molar-refractivity contribution in [3.05, 3.63) is 0 Å². The number of nitrogens with zero attached hydrogens (tertiary/aromatic N) is 2. The highest BCUT2D eigenvalue weighted by Crippen LogP contribution is 2.15. The molecule has 0 heterocycles. The molecule has 0 fully saturated rings. The Balaban J connectivity index is 6.09. The van der Waals surface area contributed by atoms with Crippen LogP contribution < -0.4 is 87.6 Å². The fraction of sp³-hybridized carbons (Fsp3) is 0.794. The largest absolute Gasteiger partial charge is 0.394 e. The van der Waals surface area contributed by atoms with E-state index in [-0.39, 0.29) is 88.3 Å². The molecule has 24 N–H and O–H groups in total.